The number of likely N-dealkylation sites (tertiary alicyclic amines) is 1. The predicted octanol–water partition coefficient (Wildman–Crippen LogP) is 8.04. The molecule has 5 atom stereocenters. The zero-order valence-electron chi connectivity index (χ0n) is 29.9. The molecule has 3 aromatic rings. The molecule has 0 bridgehead atoms. The molecule has 1 saturated heterocycles. The highest BCUT2D eigenvalue weighted by atomic mass is 19.4. The van der Waals surface area contributed by atoms with Gasteiger partial charge in [0.1, 0.15) is 12.4 Å². The van der Waals surface area contributed by atoms with E-state index >= 15 is 0 Å². The summed E-state index contributed by atoms with van der Waals surface area (Å²) < 4.78 is 39.3. The number of halogens is 3. The van der Waals surface area contributed by atoms with Gasteiger partial charge in [0, 0.05) is 25.9 Å². The first kappa shape index (κ1) is 37.0. The molecule has 4 aliphatic rings. The van der Waals surface area contributed by atoms with Gasteiger partial charge in [0.05, 0.1) is 28.6 Å². The molecular formula is C41H46F3N5O3. The van der Waals surface area contributed by atoms with Crippen LogP contribution in [0, 0.1) is 5.92 Å². The Bertz CT molecular complexity index is 1830. The van der Waals surface area contributed by atoms with Crippen LogP contribution < -0.4 is 0 Å². The van der Waals surface area contributed by atoms with Crippen molar-refractivity contribution in [3.8, 4) is 11.1 Å². The number of allylic oxidation sites excluding steroid dienone is 1. The second-order valence-electron chi connectivity index (χ2n) is 14.1. The maximum Gasteiger partial charge on any atom is 0.416 e. The number of carbonyl (C=O) groups is 2. The molecule has 11 heteroatoms. The van der Waals surface area contributed by atoms with Crippen LogP contribution >= 0.6 is 0 Å². The van der Waals surface area contributed by atoms with Crippen molar-refractivity contribution in [1.29, 1.82) is 0 Å². The molecule has 1 N–H and O–H groups in total. The Labute approximate surface area is 303 Å². The minimum Gasteiger partial charge on any atom is -0.481 e. The highest BCUT2D eigenvalue weighted by Crippen LogP contribution is 2.65. The van der Waals surface area contributed by atoms with E-state index < -0.39 is 17.7 Å². The van der Waals surface area contributed by atoms with Gasteiger partial charge in [-0.3, -0.25) is 14.5 Å². The molecule has 5 unspecified atom stereocenters. The molecular weight excluding hydrogens is 667 g/mol. The van der Waals surface area contributed by atoms with Crippen LogP contribution in [-0.4, -0.2) is 74.6 Å². The molecule has 3 fully saturated rings. The summed E-state index contributed by atoms with van der Waals surface area (Å²) >= 11 is 0. The molecule has 52 heavy (non-hydrogen) atoms. The molecule has 8 nitrogen and oxygen atoms in total. The SMILES string of the molecule is C=C1N=C(CCc2ccccc2)N(CC(=O)N(Cc2ccc(-c3ccc(C(F)(F)F)cc3)cc2)C2CC3CCCC4N(C)C324)N=C1CC.CC(=O)O. The van der Waals surface area contributed by atoms with Crippen LogP contribution in [0.3, 0.4) is 0 Å². The zero-order chi connectivity index (χ0) is 37.2. The van der Waals surface area contributed by atoms with Crippen LogP contribution in [0.4, 0.5) is 13.2 Å². The van der Waals surface area contributed by atoms with Gasteiger partial charge in [0.25, 0.3) is 5.97 Å². The largest absolute Gasteiger partial charge is 0.481 e. The first-order valence-electron chi connectivity index (χ1n) is 18.0. The number of aliphatic imine (C=N–C) groups is 1. The van der Waals surface area contributed by atoms with Crippen LogP contribution in [0.5, 0.6) is 0 Å². The molecule has 1 amide bonds. The number of likely N-dealkylation sites (N-methyl/N-ethyl adjacent to an activating group) is 1. The summed E-state index contributed by atoms with van der Waals surface area (Å²) in [7, 11) is 2.21. The second-order valence-corrected chi connectivity index (χ2v) is 14.1. The Kier molecular flexibility index (Phi) is 10.7. The van der Waals surface area contributed by atoms with Crippen LogP contribution in [0.15, 0.2) is 101 Å². The number of carboxylic acid groups (broad SMARTS) is 1. The summed E-state index contributed by atoms with van der Waals surface area (Å²) in [5, 5.41) is 14.1. The number of hydrogen-bond donors (Lipinski definition) is 1. The maximum atomic E-state index is 14.5. The van der Waals surface area contributed by atoms with Gasteiger partial charge in [0.2, 0.25) is 5.91 Å². The van der Waals surface area contributed by atoms with Crippen molar-refractivity contribution in [2.45, 2.75) is 89.1 Å². The summed E-state index contributed by atoms with van der Waals surface area (Å²) in [6.07, 6.45) is 2.33. The van der Waals surface area contributed by atoms with Crippen LogP contribution in [0.25, 0.3) is 11.1 Å². The van der Waals surface area contributed by atoms with Crippen molar-refractivity contribution < 1.29 is 27.9 Å². The molecule has 0 radical (unpaired) electrons. The molecule has 3 aromatic carbocycles. The van der Waals surface area contributed by atoms with Crippen molar-refractivity contribution in [2.75, 3.05) is 13.6 Å². The second kappa shape index (κ2) is 15.1. The van der Waals surface area contributed by atoms with Crippen molar-refractivity contribution in [1.82, 2.24) is 14.8 Å². The summed E-state index contributed by atoms with van der Waals surface area (Å²) in [5.74, 6) is 0.539. The first-order valence-corrected chi connectivity index (χ1v) is 18.0. The lowest BCUT2D eigenvalue weighted by Gasteiger charge is -2.53. The fourth-order valence-corrected chi connectivity index (χ4v) is 8.48. The van der Waals surface area contributed by atoms with E-state index in [0.717, 1.165) is 54.6 Å². The van der Waals surface area contributed by atoms with E-state index in [-0.39, 0.29) is 24.0 Å². The quantitative estimate of drug-likeness (QED) is 0.215. The lowest BCUT2D eigenvalue weighted by molar-refractivity contribution is -0.141. The Balaban J connectivity index is 0.00000110. The number of aryl methyl sites for hydroxylation is 1. The van der Waals surface area contributed by atoms with Crippen LogP contribution in [-0.2, 0) is 28.7 Å². The standard InChI is InChI=1S/C39H42F3N5O.C2H4O2/c1-4-33-26(2)43-36(22-15-27-9-6-5-7-10-27)47(44-33)25-37(48)46(35-23-32-11-8-12-34-38(32,35)45(34)3)24-28-13-16-29(17-14-28)30-18-20-31(21-19-30)39(40,41)42;1-2(3)4/h5-7,9-10,13-14,16-21,32,34-35H,2,4,8,11-12,15,22-25H2,1,3H3;1H3,(H,3,4). The number of carboxylic acids is 1. The molecule has 2 aliphatic heterocycles. The monoisotopic (exact) mass is 713 g/mol. The van der Waals surface area contributed by atoms with E-state index in [1.807, 2.05) is 49.4 Å². The smallest absolute Gasteiger partial charge is 0.416 e. The first-order chi connectivity index (χ1) is 24.8. The van der Waals surface area contributed by atoms with Gasteiger partial charge < -0.3 is 10.0 Å². The molecule has 2 saturated carbocycles. The van der Waals surface area contributed by atoms with Gasteiger partial charge in [-0.2, -0.15) is 18.3 Å². The van der Waals surface area contributed by atoms with Crippen LogP contribution in [0.1, 0.15) is 69.1 Å². The fraction of sp³-hybridized carbons (Fsp3) is 0.415. The third-order valence-corrected chi connectivity index (χ3v) is 11.1. The number of nitrogens with zero attached hydrogens (tertiary/aromatic N) is 5. The third-order valence-electron chi connectivity index (χ3n) is 11.1. The van der Waals surface area contributed by atoms with Gasteiger partial charge >= 0.3 is 6.18 Å². The Morgan fingerprint density at radius 1 is 0.962 bits per heavy atom. The normalized spacial score (nSPS) is 24.6. The Hall–Kier alpha value is -4.77. The average Bonchev–Trinajstić information content (AvgIpc) is 3.76. The number of amidine groups is 1. The van der Waals surface area contributed by atoms with E-state index in [1.165, 1.54) is 37.0 Å². The lowest BCUT2D eigenvalue weighted by atomic mass is 9.60. The van der Waals surface area contributed by atoms with Crippen molar-refractivity contribution in [3.63, 3.8) is 0 Å². The number of hydrazone groups is 1. The molecule has 274 valence electrons. The molecule has 0 aromatic heterocycles. The zero-order valence-corrected chi connectivity index (χ0v) is 29.9. The topological polar surface area (TPSA) is 88.6 Å². The number of rotatable bonds is 10. The van der Waals surface area contributed by atoms with Gasteiger partial charge in [0.15, 0.2) is 0 Å². The number of hydrogen-bond acceptors (Lipinski definition) is 6. The predicted molar refractivity (Wildman–Crippen MR) is 197 cm³/mol. The molecule has 1 spiro atoms. The summed E-state index contributed by atoms with van der Waals surface area (Å²) in [4.78, 5) is 32.9. The summed E-state index contributed by atoms with van der Waals surface area (Å²) in [6.45, 7) is 7.80. The van der Waals surface area contributed by atoms with Crippen molar-refractivity contribution in [2.24, 2.45) is 16.0 Å². The van der Waals surface area contributed by atoms with Gasteiger partial charge in [-0.1, -0.05) is 86.7 Å². The molecule has 2 aliphatic carbocycles. The number of benzene rings is 3. The van der Waals surface area contributed by atoms with Gasteiger partial charge in [-0.25, -0.2) is 10.0 Å². The minimum absolute atomic E-state index is 0.0170. The van der Waals surface area contributed by atoms with Crippen LogP contribution in [0.2, 0.25) is 0 Å². The van der Waals surface area contributed by atoms with E-state index in [0.29, 0.717) is 42.6 Å². The highest BCUT2D eigenvalue weighted by Gasteiger charge is 2.76. The Morgan fingerprint density at radius 3 is 2.19 bits per heavy atom. The van der Waals surface area contributed by atoms with Gasteiger partial charge in [-0.15, -0.1) is 0 Å². The average molecular weight is 714 g/mol. The molecule has 2 heterocycles. The fourth-order valence-electron chi connectivity index (χ4n) is 8.48. The van der Waals surface area contributed by atoms with E-state index in [4.69, 9.17) is 20.0 Å². The lowest BCUT2D eigenvalue weighted by Crippen LogP contribution is -2.64. The minimum atomic E-state index is -4.37. The highest BCUT2D eigenvalue weighted by molar-refractivity contribution is 6.05. The van der Waals surface area contributed by atoms with E-state index in [1.54, 1.807) is 5.01 Å². The molecule has 7 rings (SSSR count). The van der Waals surface area contributed by atoms with Crippen molar-refractivity contribution in [3.05, 3.63) is 108 Å². The van der Waals surface area contributed by atoms with E-state index in [9.17, 15) is 18.0 Å². The third kappa shape index (κ3) is 7.55. The van der Waals surface area contributed by atoms with E-state index in [2.05, 4.69) is 35.6 Å². The number of aliphatic carboxylic acids is 1. The maximum absolute atomic E-state index is 14.5. The number of amides is 1. The number of alkyl halides is 3. The van der Waals surface area contributed by atoms with Gasteiger partial charge in [-0.05, 0) is 79.5 Å². The van der Waals surface area contributed by atoms with Crippen molar-refractivity contribution >= 4 is 23.4 Å². The summed E-state index contributed by atoms with van der Waals surface area (Å²) in [6, 6.07) is 23.9. The Morgan fingerprint density at radius 2 is 1.60 bits per heavy atom. The number of carbonyl (C=O) groups excluding carboxylic acids is 1. The summed E-state index contributed by atoms with van der Waals surface area (Å²) in [5.41, 5.74) is 4.55.